The predicted octanol–water partition coefficient (Wildman–Crippen LogP) is 2.23. The summed E-state index contributed by atoms with van der Waals surface area (Å²) < 4.78 is 39.3. The van der Waals surface area contributed by atoms with Crippen LogP contribution in [-0.2, 0) is 0 Å². The van der Waals surface area contributed by atoms with Crippen LogP contribution in [0.25, 0.3) is 0 Å². The van der Waals surface area contributed by atoms with Gasteiger partial charge in [-0.1, -0.05) is 0 Å². The molecule has 0 saturated carbocycles. The Morgan fingerprint density at radius 3 is 2.53 bits per heavy atom. The smallest absolute Gasteiger partial charge is 0.239 e. The van der Waals surface area contributed by atoms with Crippen LogP contribution in [0.15, 0.2) is 18.2 Å². The molecule has 0 saturated heterocycles. The molecule has 1 aromatic carbocycles. The van der Waals surface area contributed by atoms with Gasteiger partial charge < -0.3 is 5.32 Å². The Hall–Kier alpha value is -2.35. The first-order chi connectivity index (χ1) is 9.01. The van der Waals surface area contributed by atoms with E-state index in [0.717, 1.165) is 12.1 Å². The number of aryl methyl sites for hydroxylation is 1. The average Bonchev–Trinajstić information content (AvgIpc) is 2.39. The number of halogens is 3. The number of nitrogens with one attached hydrogen (secondary N) is 2. The Kier molecular flexibility index (Phi) is 3.52. The summed E-state index contributed by atoms with van der Waals surface area (Å²) >= 11 is 0. The van der Waals surface area contributed by atoms with E-state index in [-0.39, 0.29) is 17.5 Å². The van der Waals surface area contributed by atoms with Crippen LogP contribution in [0.2, 0.25) is 0 Å². The van der Waals surface area contributed by atoms with Gasteiger partial charge in [-0.3, -0.25) is 5.43 Å². The largest absolute Gasteiger partial charge is 0.338 e. The van der Waals surface area contributed by atoms with Gasteiger partial charge >= 0.3 is 0 Å². The standard InChI is InChI=1S/C11H10F3N5/c1-5-4-8(18-11(16-5)19-15)17-7-3-2-6(12)9(13)10(7)14/h2-4H,15H2,1H3,(H2,16,17,18,19). The maximum atomic E-state index is 13.5. The van der Waals surface area contributed by atoms with Crippen molar-refractivity contribution in [2.45, 2.75) is 6.92 Å². The van der Waals surface area contributed by atoms with Crippen LogP contribution in [0.5, 0.6) is 0 Å². The van der Waals surface area contributed by atoms with E-state index >= 15 is 0 Å². The molecule has 0 amide bonds. The second-order valence-corrected chi connectivity index (χ2v) is 3.71. The molecule has 100 valence electrons. The number of hydrogen-bond acceptors (Lipinski definition) is 5. The van der Waals surface area contributed by atoms with Crippen molar-refractivity contribution < 1.29 is 13.2 Å². The molecule has 5 nitrogen and oxygen atoms in total. The van der Waals surface area contributed by atoms with Crippen LogP contribution >= 0.6 is 0 Å². The highest BCUT2D eigenvalue weighted by Gasteiger charge is 2.14. The summed E-state index contributed by atoms with van der Waals surface area (Å²) in [5.74, 6) is 1.36. The van der Waals surface area contributed by atoms with Crippen molar-refractivity contribution in [2.75, 3.05) is 10.7 Å². The van der Waals surface area contributed by atoms with Gasteiger partial charge in [-0.2, -0.15) is 4.98 Å². The lowest BCUT2D eigenvalue weighted by atomic mass is 10.2. The summed E-state index contributed by atoms with van der Waals surface area (Å²) in [6.45, 7) is 1.68. The molecule has 4 N–H and O–H groups in total. The first-order valence-corrected chi connectivity index (χ1v) is 5.24. The lowest BCUT2D eigenvalue weighted by Crippen LogP contribution is -2.12. The lowest BCUT2D eigenvalue weighted by Gasteiger charge is -2.09. The number of nitrogens with two attached hydrogens (primary N) is 1. The van der Waals surface area contributed by atoms with Gasteiger partial charge in [-0.25, -0.2) is 24.0 Å². The molecule has 0 radical (unpaired) electrons. The molecule has 1 aromatic heterocycles. The molecular formula is C11H10F3N5. The molecule has 0 aliphatic carbocycles. The van der Waals surface area contributed by atoms with Crippen LogP contribution in [0.4, 0.5) is 30.6 Å². The second-order valence-electron chi connectivity index (χ2n) is 3.71. The number of hydrogen-bond donors (Lipinski definition) is 3. The Morgan fingerprint density at radius 1 is 1.11 bits per heavy atom. The Morgan fingerprint density at radius 2 is 1.84 bits per heavy atom. The zero-order valence-electron chi connectivity index (χ0n) is 9.84. The van der Waals surface area contributed by atoms with Crippen molar-refractivity contribution in [3.05, 3.63) is 41.3 Å². The second kappa shape index (κ2) is 5.11. The minimum atomic E-state index is -1.55. The fourth-order valence-corrected chi connectivity index (χ4v) is 1.46. The van der Waals surface area contributed by atoms with Gasteiger partial charge in [0.1, 0.15) is 5.82 Å². The minimum absolute atomic E-state index is 0.116. The van der Waals surface area contributed by atoms with Gasteiger partial charge in [0, 0.05) is 11.8 Å². The summed E-state index contributed by atoms with van der Waals surface area (Å²) in [5, 5.41) is 2.53. The van der Waals surface area contributed by atoms with Gasteiger partial charge in [0.2, 0.25) is 5.95 Å². The molecule has 0 aliphatic heterocycles. The number of hydrazine groups is 1. The maximum Gasteiger partial charge on any atom is 0.239 e. The summed E-state index contributed by atoms with van der Waals surface area (Å²) in [6, 6.07) is 3.39. The minimum Gasteiger partial charge on any atom is -0.338 e. The molecular weight excluding hydrogens is 259 g/mol. The highest BCUT2D eigenvalue weighted by Crippen LogP contribution is 2.23. The molecule has 2 aromatic rings. The SMILES string of the molecule is Cc1cc(Nc2ccc(F)c(F)c2F)nc(NN)n1. The van der Waals surface area contributed by atoms with Gasteiger partial charge in [-0.15, -0.1) is 0 Å². The fraction of sp³-hybridized carbons (Fsp3) is 0.0909. The lowest BCUT2D eigenvalue weighted by molar-refractivity contribution is 0.449. The van der Waals surface area contributed by atoms with E-state index in [1.807, 2.05) is 0 Å². The van der Waals surface area contributed by atoms with Crippen molar-refractivity contribution in [1.82, 2.24) is 9.97 Å². The molecule has 1 heterocycles. The number of anilines is 3. The zero-order valence-corrected chi connectivity index (χ0v) is 9.84. The van der Waals surface area contributed by atoms with Crippen LogP contribution in [-0.4, -0.2) is 9.97 Å². The summed E-state index contributed by atoms with van der Waals surface area (Å²) in [4.78, 5) is 7.83. The summed E-state index contributed by atoms with van der Waals surface area (Å²) in [5.41, 5.74) is 2.57. The van der Waals surface area contributed by atoms with Gasteiger partial charge in [0.05, 0.1) is 5.69 Å². The van der Waals surface area contributed by atoms with Crippen molar-refractivity contribution in [3.8, 4) is 0 Å². The maximum absolute atomic E-state index is 13.5. The van der Waals surface area contributed by atoms with E-state index in [1.54, 1.807) is 6.92 Å². The number of benzene rings is 1. The molecule has 19 heavy (non-hydrogen) atoms. The van der Waals surface area contributed by atoms with Crippen LogP contribution in [0.3, 0.4) is 0 Å². The van der Waals surface area contributed by atoms with E-state index in [2.05, 4.69) is 20.7 Å². The third-order valence-electron chi connectivity index (χ3n) is 2.28. The Balaban J connectivity index is 2.36. The van der Waals surface area contributed by atoms with Crippen molar-refractivity contribution in [2.24, 2.45) is 5.84 Å². The van der Waals surface area contributed by atoms with E-state index in [9.17, 15) is 13.2 Å². The highest BCUT2D eigenvalue weighted by molar-refractivity contribution is 5.58. The molecule has 2 rings (SSSR count). The number of nitrogen functional groups attached to an aromatic ring is 1. The summed E-state index contributed by atoms with van der Waals surface area (Å²) in [7, 11) is 0. The molecule has 0 bridgehead atoms. The highest BCUT2D eigenvalue weighted by atomic mass is 19.2. The quantitative estimate of drug-likeness (QED) is 0.452. The fourth-order valence-electron chi connectivity index (χ4n) is 1.46. The molecule has 8 heteroatoms. The zero-order chi connectivity index (χ0) is 14.0. The van der Waals surface area contributed by atoms with Crippen LogP contribution in [0, 0.1) is 24.4 Å². The summed E-state index contributed by atoms with van der Waals surface area (Å²) in [6.07, 6.45) is 0. The van der Waals surface area contributed by atoms with Crippen LogP contribution in [0.1, 0.15) is 5.69 Å². The van der Waals surface area contributed by atoms with E-state index in [0.29, 0.717) is 5.69 Å². The van der Waals surface area contributed by atoms with Crippen molar-refractivity contribution in [3.63, 3.8) is 0 Å². The van der Waals surface area contributed by atoms with E-state index in [1.165, 1.54) is 6.07 Å². The first kappa shape index (κ1) is 13.1. The van der Waals surface area contributed by atoms with E-state index < -0.39 is 17.5 Å². The molecule has 0 atom stereocenters. The molecule has 0 spiro atoms. The van der Waals surface area contributed by atoms with E-state index in [4.69, 9.17) is 5.84 Å². The van der Waals surface area contributed by atoms with Gasteiger partial charge in [0.15, 0.2) is 17.5 Å². The normalized spacial score (nSPS) is 10.4. The molecule has 0 unspecified atom stereocenters. The van der Waals surface area contributed by atoms with Crippen molar-refractivity contribution >= 4 is 17.5 Å². The number of rotatable bonds is 3. The van der Waals surface area contributed by atoms with Crippen molar-refractivity contribution in [1.29, 1.82) is 0 Å². The number of aromatic nitrogens is 2. The number of nitrogens with zero attached hydrogens (tertiary/aromatic N) is 2. The predicted molar refractivity (Wildman–Crippen MR) is 64.2 cm³/mol. The topological polar surface area (TPSA) is 75.9 Å². The molecule has 0 aliphatic rings. The molecule has 0 fully saturated rings. The van der Waals surface area contributed by atoms with Gasteiger partial charge in [0.25, 0.3) is 0 Å². The first-order valence-electron chi connectivity index (χ1n) is 5.24. The monoisotopic (exact) mass is 269 g/mol. The van der Waals surface area contributed by atoms with Crippen LogP contribution < -0.4 is 16.6 Å². The average molecular weight is 269 g/mol. The third kappa shape index (κ3) is 2.74. The Bertz CT molecular complexity index is 618. The Labute approximate surface area is 106 Å². The third-order valence-corrected chi connectivity index (χ3v) is 2.28. The van der Waals surface area contributed by atoms with Gasteiger partial charge in [-0.05, 0) is 19.1 Å².